The summed E-state index contributed by atoms with van der Waals surface area (Å²) in [4.78, 5) is 3.52. The number of rotatable bonds is 4. The van der Waals surface area contributed by atoms with Crippen LogP contribution in [0.25, 0.3) is 0 Å². The van der Waals surface area contributed by atoms with Gasteiger partial charge in [-0.25, -0.2) is 0 Å². The number of nitrogens with zero attached hydrogens (tertiary/aromatic N) is 3. The Kier molecular flexibility index (Phi) is 3.27. The van der Waals surface area contributed by atoms with Crippen LogP contribution in [0.4, 0.5) is 12.9 Å². The fourth-order valence-corrected chi connectivity index (χ4v) is 1.41. The van der Waals surface area contributed by atoms with Gasteiger partial charge in [0.25, 0.3) is 0 Å². The largest absolute Gasteiger partial charge is 0.511 e. The molecule has 0 aliphatic heterocycles. The fraction of sp³-hybridized carbons (Fsp3) is 0.200. The molecule has 0 saturated carbocycles. The Morgan fingerprint density at radius 2 is 2.06 bits per heavy atom. The number of aromatic nitrogens is 3. The summed E-state index contributed by atoms with van der Waals surface area (Å²) in [6.45, 7) is -4.89. The molecule has 2 aromatic heterocycles. The molecule has 8 heteroatoms. The van der Waals surface area contributed by atoms with E-state index >= 15 is 0 Å². The maximum atomic E-state index is 12.5. The van der Waals surface area contributed by atoms with Gasteiger partial charge in [0.1, 0.15) is 12.4 Å². The van der Waals surface area contributed by atoms with Crippen LogP contribution in [0.2, 0.25) is 0 Å². The van der Waals surface area contributed by atoms with Crippen LogP contribution < -0.4 is 10.2 Å². The lowest BCUT2D eigenvalue weighted by molar-refractivity contribution is 0.305. The molecule has 0 atom stereocenters. The average Bonchev–Trinajstić information content (AvgIpc) is 2.72. The first kappa shape index (κ1) is 12.5. The molecule has 0 saturated heterocycles. The van der Waals surface area contributed by atoms with Gasteiger partial charge in [-0.2, -0.15) is 5.10 Å². The minimum absolute atomic E-state index is 0.0931. The molecule has 96 valence electrons. The van der Waals surface area contributed by atoms with Gasteiger partial charge in [0.15, 0.2) is 0 Å². The van der Waals surface area contributed by atoms with E-state index in [2.05, 4.69) is 10.1 Å². The number of hydrogen-bond donors (Lipinski definition) is 0. The summed E-state index contributed by atoms with van der Waals surface area (Å²) in [6, 6.07) is 0.948. The molecule has 0 aliphatic carbocycles. The van der Waals surface area contributed by atoms with Gasteiger partial charge in [-0.1, -0.05) is 5.46 Å². The van der Waals surface area contributed by atoms with E-state index in [1.807, 2.05) is 0 Å². The maximum absolute atomic E-state index is 12.5. The van der Waals surface area contributed by atoms with Gasteiger partial charge < -0.3 is 17.7 Å². The van der Waals surface area contributed by atoms with Crippen LogP contribution in [0.5, 0.6) is 5.75 Å². The average molecular weight is 256 g/mol. The number of ether oxygens (including phenoxy) is 1. The van der Waals surface area contributed by atoms with Crippen molar-refractivity contribution in [3.05, 3.63) is 36.4 Å². The van der Waals surface area contributed by atoms with Gasteiger partial charge in [-0.05, 0) is 6.07 Å². The summed E-state index contributed by atoms with van der Waals surface area (Å²) in [7, 11) is 1.75. The molecule has 0 amide bonds. The molecule has 2 heterocycles. The molecule has 0 N–H and O–H groups in total. The lowest BCUT2D eigenvalue weighted by Gasteiger charge is -2.15. The Bertz CT molecular complexity index is 541. The maximum Gasteiger partial charge on any atom is 0.511 e. The summed E-state index contributed by atoms with van der Waals surface area (Å²) >= 11 is 0. The lowest BCUT2D eigenvalue weighted by Crippen LogP contribution is -2.34. The number of hydrogen-bond acceptors (Lipinski definition) is 3. The lowest BCUT2D eigenvalue weighted by atomic mass is 9.81. The molecule has 0 aliphatic rings. The van der Waals surface area contributed by atoms with Crippen molar-refractivity contribution in [1.29, 1.82) is 0 Å². The van der Waals surface area contributed by atoms with Crippen molar-refractivity contribution >= 4 is 12.4 Å². The normalized spacial score (nSPS) is 11.6. The van der Waals surface area contributed by atoms with Gasteiger partial charge in [0.05, 0.1) is 12.4 Å². The van der Waals surface area contributed by atoms with E-state index in [-0.39, 0.29) is 12.4 Å². The third-order valence-corrected chi connectivity index (χ3v) is 2.28. The van der Waals surface area contributed by atoms with Gasteiger partial charge in [-0.3, -0.25) is 9.67 Å². The van der Waals surface area contributed by atoms with Crippen LogP contribution in [-0.2, 0) is 13.7 Å². The molecular formula is C10H10BF3N3O-. The summed E-state index contributed by atoms with van der Waals surface area (Å²) in [5, 5.41) is 3.93. The van der Waals surface area contributed by atoms with Crippen molar-refractivity contribution in [2.45, 2.75) is 6.61 Å². The first-order chi connectivity index (χ1) is 8.45. The Labute approximate surface area is 101 Å². The SMILES string of the molecule is Cn1cc(COc2cncc([B-](F)(F)F)c2)cn1. The van der Waals surface area contributed by atoms with E-state index in [9.17, 15) is 12.9 Å². The molecule has 18 heavy (non-hydrogen) atoms. The molecule has 4 nitrogen and oxygen atoms in total. The summed E-state index contributed by atoms with van der Waals surface area (Å²) < 4.78 is 44.3. The highest BCUT2D eigenvalue weighted by atomic mass is 19.4. The molecule has 0 radical (unpaired) electrons. The number of aryl methyl sites for hydroxylation is 1. The molecule has 0 bridgehead atoms. The second kappa shape index (κ2) is 4.71. The van der Waals surface area contributed by atoms with E-state index in [0.29, 0.717) is 0 Å². The van der Waals surface area contributed by atoms with E-state index in [1.165, 1.54) is 6.20 Å². The first-order valence-corrected chi connectivity index (χ1v) is 5.20. The van der Waals surface area contributed by atoms with Crippen LogP contribution in [0.1, 0.15) is 5.56 Å². The summed E-state index contributed by atoms with van der Waals surface area (Å²) in [6.07, 6.45) is 5.36. The van der Waals surface area contributed by atoms with Gasteiger partial charge >= 0.3 is 6.98 Å². The second-order valence-electron chi connectivity index (χ2n) is 3.84. The van der Waals surface area contributed by atoms with Crippen molar-refractivity contribution in [1.82, 2.24) is 14.8 Å². The predicted molar refractivity (Wildman–Crippen MR) is 60.5 cm³/mol. The van der Waals surface area contributed by atoms with Crippen LogP contribution in [0.15, 0.2) is 30.9 Å². The number of pyridine rings is 1. The Balaban J connectivity index is 2.06. The topological polar surface area (TPSA) is 39.9 Å². The van der Waals surface area contributed by atoms with E-state index in [1.54, 1.807) is 24.1 Å². The highest BCUT2D eigenvalue weighted by Gasteiger charge is 2.26. The van der Waals surface area contributed by atoms with Crippen molar-refractivity contribution in [2.75, 3.05) is 0 Å². The standard InChI is InChI=1S/C10H10BF3N3O/c1-17-6-8(3-16-17)7-18-10-2-9(4-15-5-10)11(12,13)14/h2-6H,7H2,1H3/q-1. The molecule has 0 unspecified atom stereocenters. The Morgan fingerprint density at radius 1 is 1.28 bits per heavy atom. The minimum atomic E-state index is -5.05. The molecule has 2 rings (SSSR count). The van der Waals surface area contributed by atoms with Crippen molar-refractivity contribution in [3.63, 3.8) is 0 Å². The smallest absolute Gasteiger partial charge is 0.487 e. The van der Waals surface area contributed by atoms with Crippen molar-refractivity contribution in [2.24, 2.45) is 7.05 Å². The zero-order valence-electron chi connectivity index (χ0n) is 9.55. The highest BCUT2D eigenvalue weighted by Crippen LogP contribution is 2.14. The van der Waals surface area contributed by atoms with E-state index in [4.69, 9.17) is 4.74 Å². The first-order valence-electron chi connectivity index (χ1n) is 5.20. The molecular weight excluding hydrogens is 246 g/mol. The van der Waals surface area contributed by atoms with Gasteiger partial charge in [0, 0.05) is 25.0 Å². The Hall–Kier alpha value is -1.99. The van der Waals surface area contributed by atoms with Crippen molar-refractivity contribution in [3.8, 4) is 5.75 Å². The van der Waals surface area contributed by atoms with Gasteiger partial charge in [-0.15, -0.1) is 0 Å². The monoisotopic (exact) mass is 256 g/mol. The Morgan fingerprint density at radius 3 is 2.67 bits per heavy atom. The quantitative estimate of drug-likeness (QED) is 0.777. The predicted octanol–water partition coefficient (Wildman–Crippen LogP) is 1.45. The molecule has 0 fully saturated rings. The third-order valence-electron chi connectivity index (χ3n) is 2.28. The fourth-order valence-electron chi connectivity index (χ4n) is 1.41. The summed E-state index contributed by atoms with van der Waals surface area (Å²) in [5.41, 5.74) is 0.0131. The number of halogens is 3. The molecule has 0 spiro atoms. The van der Waals surface area contributed by atoms with Crippen LogP contribution in [-0.4, -0.2) is 21.7 Å². The van der Waals surface area contributed by atoms with Crippen LogP contribution in [0, 0.1) is 0 Å². The van der Waals surface area contributed by atoms with Crippen molar-refractivity contribution < 1.29 is 17.7 Å². The third kappa shape index (κ3) is 3.02. The zero-order valence-corrected chi connectivity index (χ0v) is 9.55. The summed E-state index contributed by atoms with van der Waals surface area (Å²) in [5.74, 6) is 0.0931. The molecule has 2 aromatic rings. The highest BCUT2D eigenvalue weighted by molar-refractivity contribution is 6.73. The van der Waals surface area contributed by atoms with E-state index in [0.717, 1.165) is 17.8 Å². The van der Waals surface area contributed by atoms with Crippen LogP contribution >= 0.6 is 0 Å². The van der Waals surface area contributed by atoms with Gasteiger partial charge in [0.2, 0.25) is 0 Å². The van der Waals surface area contributed by atoms with E-state index < -0.39 is 12.4 Å². The van der Waals surface area contributed by atoms with Crippen LogP contribution in [0.3, 0.4) is 0 Å². The minimum Gasteiger partial charge on any atom is -0.487 e. The zero-order chi connectivity index (χ0) is 13.2. The second-order valence-corrected chi connectivity index (χ2v) is 3.84. The molecule has 0 aromatic carbocycles.